The van der Waals surface area contributed by atoms with Gasteiger partial charge in [0.25, 0.3) is 0 Å². The number of benzene rings is 1. The summed E-state index contributed by atoms with van der Waals surface area (Å²) in [6.07, 6.45) is -2.44. The minimum Gasteiger partial charge on any atom is -0.463 e. The smallest absolute Gasteiger partial charge is 0.407 e. The van der Waals surface area contributed by atoms with E-state index in [1.807, 2.05) is 30.3 Å². The van der Waals surface area contributed by atoms with Gasteiger partial charge in [-0.05, 0) is 18.4 Å². The zero-order valence-electron chi connectivity index (χ0n) is 26.0. The molecule has 0 radical (unpaired) electrons. The zero-order valence-corrected chi connectivity index (χ0v) is 26.0. The van der Waals surface area contributed by atoms with E-state index < -0.39 is 60.6 Å². The van der Waals surface area contributed by atoms with Gasteiger partial charge in [-0.2, -0.15) is 0 Å². The number of hydrogen-bond donors (Lipinski definition) is 3. The lowest BCUT2D eigenvalue weighted by Gasteiger charge is -2.44. The summed E-state index contributed by atoms with van der Waals surface area (Å²) in [5.41, 5.74) is 0.837. The molecule has 45 heavy (non-hydrogen) atoms. The Labute approximate surface area is 261 Å². The molecule has 0 aliphatic carbocycles. The fourth-order valence-electron chi connectivity index (χ4n) is 4.43. The Morgan fingerprint density at radius 1 is 0.778 bits per heavy atom. The van der Waals surface area contributed by atoms with E-state index in [9.17, 15) is 28.8 Å². The van der Waals surface area contributed by atoms with Gasteiger partial charge in [0.05, 0.1) is 6.54 Å². The summed E-state index contributed by atoms with van der Waals surface area (Å²) in [5, 5.41) is 7.78. The van der Waals surface area contributed by atoms with Gasteiger partial charge in [0.15, 0.2) is 18.5 Å². The molecular formula is C30H43N3O12. The molecule has 1 aromatic rings. The molecule has 2 rings (SSSR count). The highest BCUT2D eigenvalue weighted by molar-refractivity contribution is 5.82. The predicted octanol–water partition coefficient (Wildman–Crippen LogP) is 1.26. The third kappa shape index (κ3) is 14.9. The van der Waals surface area contributed by atoms with E-state index in [1.165, 1.54) is 20.8 Å². The van der Waals surface area contributed by atoms with Gasteiger partial charge in [0.1, 0.15) is 25.4 Å². The molecule has 0 spiro atoms. The van der Waals surface area contributed by atoms with E-state index in [0.717, 1.165) is 25.3 Å². The number of esters is 3. The molecule has 0 saturated carbocycles. The van der Waals surface area contributed by atoms with Crippen molar-refractivity contribution in [2.24, 2.45) is 0 Å². The maximum atomic E-state index is 12.0. The molecule has 1 fully saturated rings. The number of alkyl carbamates (subject to hydrolysis) is 1. The summed E-state index contributed by atoms with van der Waals surface area (Å²) in [5.74, 6) is -2.78. The summed E-state index contributed by atoms with van der Waals surface area (Å²) in [6, 6.07) is 8.15. The normalized spacial score (nSPS) is 20.7. The van der Waals surface area contributed by atoms with Gasteiger partial charge in [-0.3, -0.25) is 24.0 Å². The second-order valence-electron chi connectivity index (χ2n) is 10.3. The molecule has 15 nitrogen and oxygen atoms in total. The molecule has 3 N–H and O–H groups in total. The first-order valence-electron chi connectivity index (χ1n) is 14.7. The van der Waals surface area contributed by atoms with Crippen molar-refractivity contribution in [3.8, 4) is 0 Å². The molecule has 2 unspecified atom stereocenters. The summed E-state index contributed by atoms with van der Waals surface area (Å²) >= 11 is 0. The van der Waals surface area contributed by atoms with Crippen LogP contribution in [-0.4, -0.2) is 92.8 Å². The molecule has 1 saturated heterocycles. The first kappa shape index (κ1) is 36.9. The lowest BCUT2D eigenvalue weighted by molar-refractivity contribution is -0.277. The minimum atomic E-state index is -1.19. The van der Waals surface area contributed by atoms with Gasteiger partial charge in [-0.25, -0.2) is 4.79 Å². The Morgan fingerprint density at radius 3 is 2.09 bits per heavy atom. The second-order valence-corrected chi connectivity index (χ2v) is 10.3. The Bertz CT molecular complexity index is 1130. The molecule has 0 aromatic heterocycles. The van der Waals surface area contributed by atoms with Crippen LogP contribution in [0.25, 0.3) is 0 Å². The Balaban J connectivity index is 1.78. The fraction of sp³-hybridized carbons (Fsp3) is 0.600. The standard InChI is InChI=1S/C30H43N3O12/c1-19(34)33-26-28(44-22(4)37)27(43-21(3)36)24(18-41-20(2)35)45-29(26)40-15-11-6-5-10-14-31-25(38)16-32-30(39)42-17-23-12-8-7-9-13-23/h7-9,12-13,24,26-29H,5-6,10-11,14-18H2,1-4H3,(H,31,38)(H,32,39)(H,33,34)/t24?,26-,27-,28?,29+/m0/s1. The number of rotatable bonds is 17. The van der Waals surface area contributed by atoms with Gasteiger partial charge in [0, 0.05) is 40.8 Å². The van der Waals surface area contributed by atoms with Crippen LogP contribution in [-0.2, 0) is 59.0 Å². The first-order valence-corrected chi connectivity index (χ1v) is 14.7. The van der Waals surface area contributed by atoms with E-state index in [1.54, 1.807) is 0 Å². The highest BCUT2D eigenvalue weighted by Gasteiger charge is 2.51. The zero-order chi connectivity index (χ0) is 33.2. The van der Waals surface area contributed by atoms with E-state index in [4.69, 9.17) is 28.4 Å². The van der Waals surface area contributed by atoms with Crippen LogP contribution < -0.4 is 16.0 Å². The van der Waals surface area contributed by atoms with Crippen LogP contribution >= 0.6 is 0 Å². The summed E-state index contributed by atoms with van der Waals surface area (Å²) < 4.78 is 32.8. The average molecular weight is 638 g/mol. The number of carbonyl (C=O) groups excluding carboxylic acids is 6. The number of nitrogens with one attached hydrogen (secondary N) is 3. The molecule has 1 aliphatic heterocycles. The number of amides is 3. The summed E-state index contributed by atoms with van der Waals surface area (Å²) in [6.45, 7) is 5.00. The Morgan fingerprint density at radius 2 is 1.44 bits per heavy atom. The van der Waals surface area contributed by atoms with Gasteiger partial charge < -0.3 is 44.4 Å². The summed E-state index contributed by atoms with van der Waals surface area (Å²) in [7, 11) is 0. The highest BCUT2D eigenvalue weighted by Crippen LogP contribution is 2.28. The molecular weight excluding hydrogens is 594 g/mol. The molecule has 15 heteroatoms. The van der Waals surface area contributed by atoms with E-state index in [2.05, 4.69) is 16.0 Å². The lowest BCUT2D eigenvalue weighted by atomic mass is 9.96. The molecule has 5 atom stereocenters. The largest absolute Gasteiger partial charge is 0.463 e. The Hall–Kier alpha value is -4.24. The van der Waals surface area contributed by atoms with Crippen molar-refractivity contribution in [3.05, 3.63) is 35.9 Å². The van der Waals surface area contributed by atoms with E-state index in [0.29, 0.717) is 19.4 Å². The van der Waals surface area contributed by atoms with Crippen molar-refractivity contribution in [2.45, 2.75) is 90.6 Å². The van der Waals surface area contributed by atoms with Crippen LogP contribution in [0, 0.1) is 0 Å². The van der Waals surface area contributed by atoms with Gasteiger partial charge in [-0.15, -0.1) is 0 Å². The first-order chi connectivity index (χ1) is 21.5. The average Bonchev–Trinajstić information content (AvgIpc) is 2.97. The van der Waals surface area contributed by atoms with Crippen molar-refractivity contribution in [1.82, 2.24) is 16.0 Å². The number of carbonyl (C=O) groups is 6. The highest BCUT2D eigenvalue weighted by atomic mass is 16.7. The van der Waals surface area contributed by atoms with Crippen molar-refractivity contribution < 1.29 is 57.2 Å². The van der Waals surface area contributed by atoms with Crippen LogP contribution in [0.1, 0.15) is 58.9 Å². The predicted molar refractivity (Wildman–Crippen MR) is 156 cm³/mol. The van der Waals surface area contributed by atoms with Crippen molar-refractivity contribution in [3.63, 3.8) is 0 Å². The van der Waals surface area contributed by atoms with Crippen molar-refractivity contribution >= 4 is 35.8 Å². The number of unbranched alkanes of at least 4 members (excludes halogenated alkanes) is 3. The third-order valence-corrected chi connectivity index (χ3v) is 6.35. The second kappa shape index (κ2) is 19.9. The molecule has 250 valence electrons. The van der Waals surface area contributed by atoms with Crippen molar-refractivity contribution in [2.75, 3.05) is 26.3 Å². The minimum absolute atomic E-state index is 0.106. The molecule has 3 amide bonds. The quantitative estimate of drug-likeness (QED) is 0.126. The van der Waals surface area contributed by atoms with Crippen molar-refractivity contribution in [1.29, 1.82) is 0 Å². The maximum absolute atomic E-state index is 12.0. The monoisotopic (exact) mass is 637 g/mol. The number of ether oxygens (including phenoxy) is 6. The fourth-order valence-corrected chi connectivity index (χ4v) is 4.43. The van der Waals surface area contributed by atoms with Crippen LogP contribution in [0.2, 0.25) is 0 Å². The third-order valence-electron chi connectivity index (χ3n) is 6.35. The van der Waals surface area contributed by atoms with E-state index >= 15 is 0 Å². The molecule has 1 heterocycles. The molecule has 1 aliphatic rings. The number of hydrogen-bond acceptors (Lipinski definition) is 12. The van der Waals surface area contributed by atoms with Crippen LogP contribution in [0.4, 0.5) is 4.79 Å². The Kier molecular flexibility index (Phi) is 16.4. The maximum Gasteiger partial charge on any atom is 0.407 e. The van der Waals surface area contributed by atoms with Gasteiger partial charge in [0.2, 0.25) is 11.8 Å². The SMILES string of the molecule is CC(=O)N[C@H]1C(OC(C)=O)[C@@H](OC(C)=O)C(COC(C)=O)O[C@H]1OCCCCCCNC(=O)CNC(=O)OCc1ccccc1. The van der Waals surface area contributed by atoms with Crippen LogP contribution in [0.15, 0.2) is 30.3 Å². The van der Waals surface area contributed by atoms with Crippen LogP contribution in [0.5, 0.6) is 0 Å². The lowest BCUT2D eigenvalue weighted by Crippen LogP contribution is -2.66. The van der Waals surface area contributed by atoms with E-state index in [-0.39, 0.29) is 32.3 Å². The molecule has 1 aromatic carbocycles. The van der Waals surface area contributed by atoms with Gasteiger partial charge in [-0.1, -0.05) is 43.2 Å². The van der Waals surface area contributed by atoms with Gasteiger partial charge >= 0.3 is 24.0 Å². The molecule has 0 bridgehead atoms. The summed E-state index contributed by atoms with van der Waals surface area (Å²) in [4.78, 5) is 71.0. The topological polar surface area (TPSA) is 194 Å². The van der Waals surface area contributed by atoms with Crippen LogP contribution in [0.3, 0.4) is 0 Å².